The molecule has 0 aromatic heterocycles. The van der Waals surface area contributed by atoms with Crippen LogP contribution in [0.2, 0.25) is 0 Å². The van der Waals surface area contributed by atoms with E-state index in [4.69, 9.17) is 14.9 Å². The van der Waals surface area contributed by atoms with Gasteiger partial charge in [0.05, 0.1) is 0 Å². The van der Waals surface area contributed by atoms with Gasteiger partial charge in [0.15, 0.2) is 0 Å². The first-order valence-electron chi connectivity index (χ1n) is 7.17. The second-order valence-electron chi connectivity index (χ2n) is 4.71. The highest BCUT2D eigenvalue weighted by Gasteiger charge is 1.96. The number of carboxylic acid groups (broad SMARTS) is 1. The highest BCUT2D eigenvalue weighted by molar-refractivity contribution is 5.67. The van der Waals surface area contributed by atoms with Crippen molar-refractivity contribution >= 4 is 5.97 Å². The van der Waals surface area contributed by atoms with Crippen LogP contribution in [-0.2, 0) is 9.53 Å². The number of aliphatic hydroxyl groups is 1. The minimum absolute atomic E-state index is 0.173. The maximum absolute atomic E-state index is 10.2. The second kappa shape index (κ2) is 14.5. The Balaban J connectivity index is 2.92. The van der Waals surface area contributed by atoms with Crippen LogP contribution in [0.25, 0.3) is 0 Å². The summed E-state index contributed by atoms with van der Waals surface area (Å²) in [4.78, 5) is 10.2. The molecule has 18 heavy (non-hydrogen) atoms. The van der Waals surface area contributed by atoms with Gasteiger partial charge in [-0.15, -0.1) is 0 Å². The molecule has 0 saturated carbocycles. The molecule has 0 aromatic rings. The van der Waals surface area contributed by atoms with Gasteiger partial charge in [0, 0.05) is 13.2 Å². The molecule has 4 heteroatoms. The van der Waals surface area contributed by atoms with Gasteiger partial charge in [-0.3, -0.25) is 0 Å². The molecule has 108 valence electrons. The molecule has 0 aliphatic carbocycles. The van der Waals surface area contributed by atoms with Crippen molar-refractivity contribution in [2.24, 2.45) is 0 Å². The number of aliphatic carboxylic acids is 1. The molecular formula is C14H28O4. The third kappa shape index (κ3) is 15.4. The Labute approximate surface area is 110 Å². The quantitative estimate of drug-likeness (QED) is 0.471. The molecule has 0 bridgehead atoms. The van der Waals surface area contributed by atoms with E-state index in [1.165, 1.54) is 38.5 Å². The number of carbonyl (C=O) groups is 1. The van der Waals surface area contributed by atoms with E-state index in [0.717, 1.165) is 25.7 Å². The van der Waals surface area contributed by atoms with Crippen LogP contribution in [0.1, 0.15) is 64.2 Å². The molecule has 0 rings (SSSR count). The molecule has 0 fully saturated rings. The van der Waals surface area contributed by atoms with Crippen LogP contribution in [0.3, 0.4) is 0 Å². The molecule has 0 radical (unpaired) electrons. The van der Waals surface area contributed by atoms with Gasteiger partial charge in [0.1, 0.15) is 6.61 Å². The van der Waals surface area contributed by atoms with Crippen molar-refractivity contribution in [2.75, 3.05) is 19.8 Å². The van der Waals surface area contributed by atoms with Crippen molar-refractivity contribution in [3.05, 3.63) is 0 Å². The van der Waals surface area contributed by atoms with Gasteiger partial charge in [0.2, 0.25) is 0 Å². The lowest BCUT2D eigenvalue weighted by atomic mass is 10.1. The van der Waals surface area contributed by atoms with Crippen LogP contribution in [-0.4, -0.2) is 36.0 Å². The van der Waals surface area contributed by atoms with Crippen molar-refractivity contribution in [3.63, 3.8) is 0 Å². The minimum atomic E-state index is -0.892. The molecule has 0 amide bonds. The Morgan fingerprint density at radius 2 is 1.22 bits per heavy atom. The maximum Gasteiger partial charge on any atom is 0.329 e. The topological polar surface area (TPSA) is 66.8 Å². The lowest BCUT2D eigenvalue weighted by Gasteiger charge is -2.03. The molecule has 0 heterocycles. The first-order valence-corrected chi connectivity index (χ1v) is 7.17. The summed E-state index contributed by atoms with van der Waals surface area (Å²) in [6.45, 7) is 0.714. The fraction of sp³-hybridized carbons (Fsp3) is 0.929. The molecule has 0 spiro atoms. The van der Waals surface area contributed by atoms with E-state index >= 15 is 0 Å². The monoisotopic (exact) mass is 260 g/mol. The maximum atomic E-state index is 10.2. The molecular weight excluding hydrogens is 232 g/mol. The van der Waals surface area contributed by atoms with Crippen molar-refractivity contribution < 1.29 is 19.7 Å². The van der Waals surface area contributed by atoms with Crippen molar-refractivity contribution in [2.45, 2.75) is 64.2 Å². The van der Waals surface area contributed by atoms with Gasteiger partial charge in [-0.1, -0.05) is 51.4 Å². The summed E-state index contributed by atoms with van der Waals surface area (Å²) in [5.41, 5.74) is 0. The summed E-state index contributed by atoms with van der Waals surface area (Å²) in [7, 11) is 0. The SMILES string of the molecule is O=C(O)COCCCCCCCCCCCCO. The Morgan fingerprint density at radius 1 is 0.778 bits per heavy atom. The summed E-state index contributed by atoms with van der Waals surface area (Å²) in [6, 6.07) is 0. The molecule has 0 unspecified atom stereocenters. The van der Waals surface area contributed by atoms with Crippen LogP contribution in [0.5, 0.6) is 0 Å². The predicted octanol–water partition coefficient (Wildman–Crippen LogP) is 2.98. The van der Waals surface area contributed by atoms with Crippen molar-refractivity contribution in [1.82, 2.24) is 0 Å². The number of unbranched alkanes of at least 4 members (excludes halogenated alkanes) is 9. The summed E-state index contributed by atoms with van der Waals surface area (Å²) in [5.74, 6) is -0.892. The Bertz CT molecular complexity index is 183. The largest absolute Gasteiger partial charge is 0.480 e. The van der Waals surface area contributed by atoms with E-state index in [2.05, 4.69) is 0 Å². The number of ether oxygens (including phenoxy) is 1. The summed E-state index contributed by atoms with van der Waals surface area (Å²) in [5, 5.41) is 17.0. The molecule has 2 N–H and O–H groups in total. The summed E-state index contributed by atoms with van der Waals surface area (Å²) in [6.07, 6.45) is 11.8. The van der Waals surface area contributed by atoms with Crippen LogP contribution < -0.4 is 0 Å². The van der Waals surface area contributed by atoms with Crippen LogP contribution >= 0.6 is 0 Å². The smallest absolute Gasteiger partial charge is 0.329 e. The normalized spacial score (nSPS) is 10.7. The third-order valence-corrected chi connectivity index (χ3v) is 2.92. The summed E-state index contributed by atoms with van der Waals surface area (Å²) >= 11 is 0. The Hall–Kier alpha value is -0.610. The van der Waals surface area contributed by atoms with Crippen molar-refractivity contribution in [3.8, 4) is 0 Å². The Kier molecular flexibility index (Phi) is 14.0. The van der Waals surface area contributed by atoms with Crippen LogP contribution in [0.4, 0.5) is 0 Å². The van der Waals surface area contributed by atoms with E-state index < -0.39 is 5.97 Å². The van der Waals surface area contributed by atoms with Crippen LogP contribution in [0.15, 0.2) is 0 Å². The number of aliphatic hydroxyl groups excluding tert-OH is 1. The average molecular weight is 260 g/mol. The number of hydrogen-bond acceptors (Lipinski definition) is 3. The number of hydrogen-bond donors (Lipinski definition) is 2. The fourth-order valence-corrected chi connectivity index (χ4v) is 1.89. The first-order chi connectivity index (χ1) is 8.77. The third-order valence-electron chi connectivity index (χ3n) is 2.92. The van der Waals surface area contributed by atoms with Gasteiger partial charge in [-0.2, -0.15) is 0 Å². The Morgan fingerprint density at radius 3 is 1.67 bits per heavy atom. The lowest BCUT2D eigenvalue weighted by molar-refractivity contribution is -0.142. The van der Waals surface area contributed by atoms with E-state index in [-0.39, 0.29) is 6.61 Å². The van der Waals surface area contributed by atoms with Gasteiger partial charge in [0.25, 0.3) is 0 Å². The number of carboxylic acids is 1. The number of rotatable bonds is 14. The minimum Gasteiger partial charge on any atom is -0.480 e. The molecule has 4 nitrogen and oxygen atoms in total. The first kappa shape index (κ1) is 17.4. The van der Waals surface area contributed by atoms with Gasteiger partial charge >= 0.3 is 5.97 Å². The predicted molar refractivity (Wildman–Crippen MR) is 71.7 cm³/mol. The standard InChI is InChI=1S/C14H28O4/c15-11-9-7-5-3-1-2-4-6-8-10-12-18-13-14(16)17/h15H,1-13H2,(H,16,17). The van der Waals surface area contributed by atoms with Crippen LogP contribution in [0, 0.1) is 0 Å². The highest BCUT2D eigenvalue weighted by atomic mass is 16.5. The lowest BCUT2D eigenvalue weighted by Crippen LogP contribution is -2.07. The zero-order valence-corrected chi connectivity index (χ0v) is 11.4. The van der Waals surface area contributed by atoms with Gasteiger partial charge in [-0.25, -0.2) is 4.79 Å². The molecule has 0 aliphatic rings. The van der Waals surface area contributed by atoms with E-state index in [1.807, 2.05) is 0 Å². The van der Waals surface area contributed by atoms with E-state index in [0.29, 0.717) is 13.2 Å². The average Bonchev–Trinajstić information content (AvgIpc) is 2.34. The molecule has 0 saturated heterocycles. The zero-order chi connectivity index (χ0) is 13.5. The molecule has 0 aliphatic heterocycles. The van der Waals surface area contributed by atoms with Gasteiger partial charge < -0.3 is 14.9 Å². The zero-order valence-electron chi connectivity index (χ0n) is 11.4. The molecule has 0 aromatic carbocycles. The summed E-state index contributed by atoms with van der Waals surface area (Å²) < 4.78 is 4.96. The fourth-order valence-electron chi connectivity index (χ4n) is 1.89. The molecule has 0 atom stereocenters. The van der Waals surface area contributed by atoms with Gasteiger partial charge in [-0.05, 0) is 12.8 Å². The van der Waals surface area contributed by atoms with E-state index in [1.54, 1.807) is 0 Å². The highest BCUT2D eigenvalue weighted by Crippen LogP contribution is 2.10. The van der Waals surface area contributed by atoms with Crippen molar-refractivity contribution in [1.29, 1.82) is 0 Å². The second-order valence-corrected chi connectivity index (χ2v) is 4.71. The van der Waals surface area contributed by atoms with E-state index in [9.17, 15) is 4.79 Å².